The third kappa shape index (κ3) is 5.80. The number of thioether (sulfide) groups is 1. The van der Waals surface area contributed by atoms with Gasteiger partial charge in [0.15, 0.2) is 5.16 Å². The summed E-state index contributed by atoms with van der Waals surface area (Å²) in [5, 5.41) is 5.85. The number of nitrogens with zero attached hydrogens (tertiary/aromatic N) is 2. The minimum Gasteiger partial charge on any atom is -0.383 e. The van der Waals surface area contributed by atoms with E-state index in [9.17, 15) is 14.4 Å². The lowest BCUT2D eigenvalue weighted by atomic mass is 10.1. The van der Waals surface area contributed by atoms with Gasteiger partial charge in [-0.3, -0.25) is 19.5 Å². The highest BCUT2D eigenvalue weighted by molar-refractivity contribution is 7.99. The molecule has 0 aliphatic carbocycles. The number of amides is 3. The first-order valence-electron chi connectivity index (χ1n) is 8.87. The Morgan fingerprint density at radius 3 is 2.61 bits per heavy atom. The molecule has 8 nitrogen and oxygen atoms in total. The van der Waals surface area contributed by atoms with Gasteiger partial charge < -0.3 is 10.1 Å². The highest BCUT2D eigenvalue weighted by atomic mass is 32.2. The van der Waals surface area contributed by atoms with Crippen LogP contribution in [0.1, 0.15) is 33.7 Å². The van der Waals surface area contributed by atoms with Crippen LogP contribution in [0.5, 0.6) is 0 Å². The van der Waals surface area contributed by atoms with Crippen LogP contribution in [-0.4, -0.2) is 46.5 Å². The van der Waals surface area contributed by atoms with Gasteiger partial charge in [-0.2, -0.15) is 0 Å². The Kier molecular flexibility index (Phi) is 7.20. The second-order valence-electron chi connectivity index (χ2n) is 7.43. The summed E-state index contributed by atoms with van der Waals surface area (Å²) >= 11 is 1.10. The maximum Gasteiger partial charge on any atom is 0.321 e. The van der Waals surface area contributed by atoms with E-state index in [1.54, 1.807) is 31.4 Å². The first kappa shape index (κ1) is 21.9. The van der Waals surface area contributed by atoms with Crippen LogP contribution in [0.15, 0.2) is 34.2 Å². The Bertz CT molecular complexity index is 920. The molecule has 3 amide bonds. The van der Waals surface area contributed by atoms with E-state index in [1.165, 1.54) is 4.57 Å². The van der Waals surface area contributed by atoms with Crippen LogP contribution in [0.4, 0.5) is 4.79 Å². The lowest BCUT2D eigenvalue weighted by molar-refractivity contribution is -0.117. The molecule has 1 aromatic carbocycles. The molecular weight excluding hydrogens is 380 g/mol. The van der Waals surface area contributed by atoms with Gasteiger partial charge in [0, 0.05) is 12.6 Å². The zero-order chi connectivity index (χ0) is 20.9. The molecule has 152 valence electrons. The van der Waals surface area contributed by atoms with E-state index in [0.717, 1.165) is 11.8 Å². The van der Waals surface area contributed by atoms with Crippen molar-refractivity contribution in [3.63, 3.8) is 0 Å². The number of urea groups is 1. The zero-order valence-electron chi connectivity index (χ0n) is 16.7. The number of hydrogen-bond donors (Lipinski definition) is 2. The minimum absolute atomic E-state index is 0.0535. The van der Waals surface area contributed by atoms with E-state index in [-0.39, 0.29) is 17.4 Å². The number of imide groups is 1. The molecule has 9 heteroatoms. The van der Waals surface area contributed by atoms with Crippen molar-refractivity contribution in [1.29, 1.82) is 0 Å². The normalized spacial score (nSPS) is 12.6. The first-order valence-corrected chi connectivity index (χ1v) is 9.86. The average Bonchev–Trinajstić information content (AvgIpc) is 2.58. The van der Waals surface area contributed by atoms with E-state index in [0.29, 0.717) is 22.7 Å². The van der Waals surface area contributed by atoms with Crippen molar-refractivity contribution in [3.05, 3.63) is 34.6 Å². The highest BCUT2D eigenvalue weighted by Crippen LogP contribution is 2.21. The highest BCUT2D eigenvalue weighted by Gasteiger charge is 2.19. The molecule has 1 atom stereocenters. The van der Waals surface area contributed by atoms with Crippen LogP contribution >= 0.6 is 11.8 Å². The predicted molar refractivity (Wildman–Crippen MR) is 110 cm³/mol. The smallest absolute Gasteiger partial charge is 0.321 e. The van der Waals surface area contributed by atoms with Crippen molar-refractivity contribution in [2.75, 3.05) is 19.5 Å². The van der Waals surface area contributed by atoms with E-state index in [1.807, 2.05) is 27.7 Å². The van der Waals surface area contributed by atoms with Gasteiger partial charge in [0.25, 0.3) is 5.56 Å². The summed E-state index contributed by atoms with van der Waals surface area (Å²) in [6.07, 6.45) is 0. The number of ether oxygens (including phenoxy) is 1. The van der Waals surface area contributed by atoms with Crippen LogP contribution in [0.2, 0.25) is 0 Å². The molecule has 0 saturated carbocycles. The summed E-state index contributed by atoms with van der Waals surface area (Å²) in [7, 11) is 1.56. The first-order chi connectivity index (χ1) is 13.1. The monoisotopic (exact) mass is 406 g/mol. The summed E-state index contributed by atoms with van der Waals surface area (Å²) in [4.78, 5) is 41.4. The molecule has 2 aromatic rings. The second kappa shape index (κ2) is 9.20. The van der Waals surface area contributed by atoms with E-state index in [2.05, 4.69) is 15.6 Å². The number of aromatic nitrogens is 2. The van der Waals surface area contributed by atoms with E-state index in [4.69, 9.17) is 4.74 Å². The van der Waals surface area contributed by atoms with Gasteiger partial charge in [-0.15, -0.1) is 0 Å². The Labute approximate surface area is 168 Å². The molecule has 0 unspecified atom stereocenters. The number of hydrogen-bond acceptors (Lipinski definition) is 6. The molecule has 28 heavy (non-hydrogen) atoms. The van der Waals surface area contributed by atoms with Crippen molar-refractivity contribution in [2.24, 2.45) is 0 Å². The Hall–Kier alpha value is -2.39. The number of carbonyl (C=O) groups is 2. The number of para-hydroxylation sites is 1. The average molecular weight is 407 g/mol. The summed E-state index contributed by atoms with van der Waals surface area (Å²) in [5.74, 6) is -0.526. The number of fused-ring (bicyclic) bond motifs is 1. The van der Waals surface area contributed by atoms with Gasteiger partial charge in [-0.05, 0) is 39.8 Å². The van der Waals surface area contributed by atoms with Crippen LogP contribution in [0, 0.1) is 0 Å². The number of carbonyl (C=O) groups excluding carboxylic acids is 2. The van der Waals surface area contributed by atoms with Gasteiger partial charge in [-0.1, -0.05) is 23.9 Å². The lowest BCUT2D eigenvalue weighted by Crippen LogP contribution is -2.48. The molecule has 1 heterocycles. The van der Waals surface area contributed by atoms with Crippen molar-refractivity contribution >= 4 is 34.6 Å². The molecule has 0 saturated heterocycles. The van der Waals surface area contributed by atoms with Gasteiger partial charge in [0.2, 0.25) is 5.91 Å². The Balaban J connectivity index is 2.23. The van der Waals surface area contributed by atoms with Crippen molar-refractivity contribution in [1.82, 2.24) is 20.2 Å². The number of methoxy groups -OCH3 is 1. The second-order valence-corrected chi connectivity index (χ2v) is 8.37. The van der Waals surface area contributed by atoms with E-state index < -0.39 is 17.5 Å². The van der Waals surface area contributed by atoms with Gasteiger partial charge >= 0.3 is 6.03 Å². The summed E-state index contributed by atoms with van der Waals surface area (Å²) in [5.41, 5.74) is -0.0849. The topological polar surface area (TPSA) is 102 Å². The third-order valence-electron chi connectivity index (χ3n) is 3.70. The van der Waals surface area contributed by atoms with Gasteiger partial charge in [-0.25, -0.2) is 9.78 Å². The minimum atomic E-state index is -0.560. The molecule has 2 rings (SSSR count). The standard InChI is InChI=1S/C19H26N4O4S/c1-12(10-27-5)23-16(25)13-8-6-7-9-14(13)20-18(23)28-11-15(24)21-17(26)22-19(2,3)4/h6-9,12H,10-11H2,1-5H3,(H2,21,22,24,26)/t12-/m1/s1. The Morgan fingerprint density at radius 1 is 1.29 bits per heavy atom. The molecular formula is C19H26N4O4S. The fourth-order valence-electron chi connectivity index (χ4n) is 2.60. The van der Waals surface area contributed by atoms with Crippen molar-refractivity contribution < 1.29 is 14.3 Å². The molecule has 0 bridgehead atoms. The SMILES string of the molecule is COC[C@@H](C)n1c(SCC(=O)NC(=O)NC(C)(C)C)nc2ccccc2c1=O. The molecule has 2 N–H and O–H groups in total. The molecule has 0 spiro atoms. The third-order valence-corrected chi connectivity index (χ3v) is 4.65. The number of rotatable bonds is 6. The maximum absolute atomic E-state index is 12.9. The molecule has 0 radical (unpaired) electrons. The number of benzene rings is 1. The van der Waals surface area contributed by atoms with Crippen LogP contribution in [-0.2, 0) is 9.53 Å². The Morgan fingerprint density at radius 2 is 1.96 bits per heavy atom. The number of nitrogens with one attached hydrogen (secondary N) is 2. The summed E-state index contributed by atoms with van der Waals surface area (Å²) in [6, 6.07) is 6.24. The van der Waals surface area contributed by atoms with Crippen LogP contribution in [0.3, 0.4) is 0 Å². The zero-order valence-corrected chi connectivity index (χ0v) is 17.6. The predicted octanol–water partition coefficient (Wildman–Crippen LogP) is 2.32. The van der Waals surface area contributed by atoms with Crippen LogP contribution < -0.4 is 16.2 Å². The quantitative estimate of drug-likeness (QED) is 0.564. The largest absolute Gasteiger partial charge is 0.383 e. The van der Waals surface area contributed by atoms with E-state index >= 15 is 0 Å². The van der Waals surface area contributed by atoms with Gasteiger partial charge in [0.1, 0.15) is 0 Å². The summed E-state index contributed by atoms with van der Waals surface area (Å²) < 4.78 is 6.70. The summed E-state index contributed by atoms with van der Waals surface area (Å²) in [6.45, 7) is 7.64. The molecule has 1 aromatic heterocycles. The maximum atomic E-state index is 12.9. The lowest BCUT2D eigenvalue weighted by Gasteiger charge is -2.20. The molecule has 0 aliphatic heterocycles. The fourth-order valence-corrected chi connectivity index (χ4v) is 3.49. The fraction of sp³-hybridized carbons (Fsp3) is 0.474. The molecule has 0 aliphatic rings. The van der Waals surface area contributed by atoms with Gasteiger partial charge in [0.05, 0.1) is 29.3 Å². The van der Waals surface area contributed by atoms with Crippen molar-refractivity contribution in [3.8, 4) is 0 Å². The van der Waals surface area contributed by atoms with Crippen molar-refractivity contribution in [2.45, 2.75) is 44.4 Å². The molecule has 0 fully saturated rings. The van der Waals surface area contributed by atoms with Crippen LogP contribution in [0.25, 0.3) is 10.9 Å².